The normalized spacial score (nSPS) is 11.6. The molecule has 2 aromatic carbocycles. The lowest BCUT2D eigenvalue weighted by atomic mass is 10.1. The number of carbonyl (C=O) groups excluding carboxylic acids is 2. The van der Waals surface area contributed by atoms with E-state index in [0.29, 0.717) is 11.1 Å². The summed E-state index contributed by atoms with van der Waals surface area (Å²) in [5, 5.41) is 10.9. The first-order chi connectivity index (χ1) is 11.3. The number of hydrogen-bond donors (Lipinski definition) is 0. The number of ketones is 1. The summed E-state index contributed by atoms with van der Waals surface area (Å²) in [5.74, 6) is -1.13. The van der Waals surface area contributed by atoms with Gasteiger partial charge in [0.25, 0.3) is 5.69 Å². The van der Waals surface area contributed by atoms with Crippen LogP contribution in [0.15, 0.2) is 46.9 Å². The summed E-state index contributed by atoms with van der Waals surface area (Å²) in [6.07, 6.45) is -1.00. The lowest BCUT2D eigenvalue weighted by molar-refractivity contribution is -0.385. The molecule has 0 bridgehead atoms. The Labute approximate surface area is 146 Å². The SMILES string of the molecule is Cc1ccc(C(=O)O[C@H](C)C(=O)c2ccc(Br)cc2)cc1[N+](=O)[O-]. The third-order valence-corrected chi connectivity index (χ3v) is 3.95. The van der Waals surface area contributed by atoms with Crippen molar-refractivity contribution in [1.82, 2.24) is 0 Å². The average molecular weight is 392 g/mol. The van der Waals surface area contributed by atoms with Crippen molar-refractivity contribution in [3.05, 3.63) is 73.7 Å². The van der Waals surface area contributed by atoms with E-state index in [9.17, 15) is 19.7 Å². The molecule has 24 heavy (non-hydrogen) atoms. The minimum Gasteiger partial charge on any atom is -0.451 e. The Hall–Kier alpha value is -2.54. The molecular weight excluding hydrogens is 378 g/mol. The fourth-order valence-corrected chi connectivity index (χ4v) is 2.33. The van der Waals surface area contributed by atoms with Crippen molar-refractivity contribution >= 4 is 33.4 Å². The van der Waals surface area contributed by atoms with Gasteiger partial charge in [-0.15, -0.1) is 0 Å². The van der Waals surface area contributed by atoms with Gasteiger partial charge in [-0.1, -0.05) is 34.1 Å². The molecule has 0 N–H and O–H groups in total. The van der Waals surface area contributed by atoms with E-state index in [1.165, 1.54) is 19.1 Å². The van der Waals surface area contributed by atoms with E-state index in [-0.39, 0.29) is 17.0 Å². The zero-order chi connectivity index (χ0) is 17.9. The van der Waals surface area contributed by atoms with Crippen molar-refractivity contribution in [2.75, 3.05) is 0 Å². The van der Waals surface area contributed by atoms with Crippen molar-refractivity contribution in [3.63, 3.8) is 0 Å². The summed E-state index contributed by atoms with van der Waals surface area (Å²) in [4.78, 5) is 34.7. The van der Waals surface area contributed by atoms with E-state index in [1.54, 1.807) is 31.2 Å². The number of nitrogens with zero attached hydrogens (tertiary/aromatic N) is 1. The average Bonchev–Trinajstić information content (AvgIpc) is 2.54. The number of benzene rings is 2. The molecule has 0 aliphatic carbocycles. The van der Waals surface area contributed by atoms with Gasteiger partial charge in [0.2, 0.25) is 5.78 Å². The second-order valence-electron chi connectivity index (χ2n) is 5.18. The van der Waals surface area contributed by atoms with Gasteiger partial charge in [0.05, 0.1) is 10.5 Å². The maximum Gasteiger partial charge on any atom is 0.339 e. The first-order valence-corrected chi connectivity index (χ1v) is 7.84. The number of halogens is 1. The molecule has 0 aliphatic rings. The Balaban J connectivity index is 2.14. The molecule has 0 aromatic heterocycles. The van der Waals surface area contributed by atoms with Crippen LogP contribution in [-0.4, -0.2) is 22.8 Å². The van der Waals surface area contributed by atoms with Crippen LogP contribution in [0.5, 0.6) is 0 Å². The topological polar surface area (TPSA) is 86.5 Å². The maximum atomic E-state index is 12.3. The van der Waals surface area contributed by atoms with Crippen LogP contribution < -0.4 is 0 Å². The number of nitro benzene ring substituents is 1. The minimum absolute atomic E-state index is 0.0303. The van der Waals surface area contributed by atoms with E-state index in [0.717, 1.165) is 10.5 Å². The number of hydrogen-bond acceptors (Lipinski definition) is 5. The number of aryl methyl sites for hydroxylation is 1. The zero-order valence-electron chi connectivity index (χ0n) is 13.0. The number of rotatable bonds is 5. The van der Waals surface area contributed by atoms with Crippen molar-refractivity contribution in [1.29, 1.82) is 0 Å². The number of Topliss-reactive ketones (excluding diaryl/α,β-unsaturated/α-hetero) is 1. The lowest BCUT2D eigenvalue weighted by Crippen LogP contribution is -2.24. The van der Waals surface area contributed by atoms with E-state index in [2.05, 4.69) is 15.9 Å². The minimum atomic E-state index is -1.00. The molecule has 1 atom stereocenters. The van der Waals surface area contributed by atoms with Crippen molar-refractivity contribution in [2.45, 2.75) is 20.0 Å². The van der Waals surface area contributed by atoms with Crippen LogP contribution >= 0.6 is 15.9 Å². The fourth-order valence-electron chi connectivity index (χ4n) is 2.06. The molecule has 2 aromatic rings. The van der Waals surface area contributed by atoms with Crippen molar-refractivity contribution < 1.29 is 19.2 Å². The van der Waals surface area contributed by atoms with Gasteiger partial charge >= 0.3 is 5.97 Å². The standard InChI is InChI=1S/C17H14BrNO5/c1-10-3-4-13(9-15(10)19(22)23)17(21)24-11(2)16(20)12-5-7-14(18)8-6-12/h3-9,11H,1-2H3/t11-/m1/s1. The maximum absolute atomic E-state index is 12.3. The Morgan fingerprint density at radius 3 is 2.29 bits per heavy atom. The van der Waals surface area contributed by atoms with E-state index in [4.69, 9.17) is 4.74 Å². The molecule has 0 heterocycles. The van der Waals surface area contributed by atoms with Gasteiger partial charge in [-0.05, 0) is 32.0 Å². The van der Waals surface area contributed by atoms with Gasteiger partial charge in [0, 0.05) is 21.7 Å². The summed E-state index contributed by atoms with van der Waals surface area (Å²) >= 11 is 3.27. The Morgan fingerprint density at radius 2 is 1.71 bits per heavy atom. The molecular formula is C17H14BrNO5. The molecule has 124 valence electrons. The quantitative estimate of drug-likeness (QED) is 0.331. The van der Waals surface area contributed by atoms with Gasteiger partial charge in [0.1, 0.15) is 0 Å². The van der Waals surface area contributed by atoms with Gasteiger partial charge in [-0.25, -0.2) is 4.79 Å². The van der Waals surface area contributed by atoms with Crippen LogP contribution in [0.4, 0.5) is 5.69 Å². The fraction of sp³-hybridized carbons (Fsp3) is 0.176. The van der Waals surface area contributed by atoms with Gasteiger partial charge in [0.15, 0.2) is 6.10 Å². The molecule has 0 saturated carbocycles. The van der Waals surface area contributed by atoms with E-state index < -0.39 is 17.0 Å². The molecule has 0 radical (unpaired) electrons. The summed E-state index contributed by atoms with van der Waals surface area (Å²) < 4.78 is 5.96. The highest BCUT2D eigenvalue weighted by atomic mass is 79.9. The molecule has 2 rings (SSSR count). The molecule has 6 nitrogen and oxygen atoms in total. The molecule has 0 amide bonds. The predicted octanol–water partition coefficient (Wildman–Crippen LogP) is 4.09. The molecule has 0 fully saturated rings. The van der Waals surface area contributed by atoms with Crippen molar-refractivity contribution in [3.8, 4) is 0 Å². The van der Waals surface area contributed by atoms with Crippen molar-refractivity contribution in [2.24, 2.45) is 0 Å². The second-order valence-corrected chi connectivity index (χ2v) is 6.09. The molecule has 0 aliphatic heterocycles. The monoisotopic (exact) mass is 391 g/mol. The number of ether oxygens (including phenoxy) is 1. The zero-order valence-corrected chi connectivity index (χ0v) is 14.6. The third kappa shape index (κ3) is 4.05. The molecule has 0 spiro atoms. The first-order valence-electron chi connectivity index (χ1n) is 7.05. The number of nitro groups is 1. The second kappa shape index (κ2) is 7.35. The lowest BCUT2D eigenvalue weighted by Gasteiger charge is -2.12. The largest absolute Gasteiger partial charge is 0.451 e. The van der Waals surface area contributed by atoms with Gasteiger partial charge in [-0.2, -0.15) is 0 Å². The van der Waals surface area contributed by atoms with E-state index in [1.807, 2.05) is 0 Å². The Bertz CT molecular complexity index is 801. The van der Waals surface area contributed by atoms with Crippen LogP contribution in [-0.2, 0) is 4.74 Å². The summed E-state index contributed by atoms with van der Waals surface area (Å²) in [7, 11) is 0. The van der Waals surface area contributed by atoms with Crippen LogP contribution in [0.2, 0.25) is 0 Å². The highest BCUT2D eigenvalue weighted by Crippen LogP contribution is 2.20. The summed E-state index contributed by atoms with van der Waals surface area (Å²) in [6.45, 7) is 3.04. The van der Waals surface area contributed by atoms with Crippen LogP contribution in [0.1, 0.15) is 33.2 Å². The number of carbonyl (C=O) groups is 2. The number of esters is 1. The highest BCUT2D eigenvalue weighted by molar-refractivity contribution is 9.10. The summed E-state index contributed by atoms with van der Waals surface area (Å²) in [5.41, 5.74) is 0.711. The van der Waals surface area contributed by atoms with Crippen LogP contribution in [0.3, 0.4) is 0 Å². The predicted molar refractivity (Wildman–Crippen MR) is 91.2 cm³/mol. The molecule has 0 unspecified atom stereocenters. The molecule has 7 heteroatoms. The molecule has 0 saturated heterocycles. The van der Waals surface area contributed by atoms with E-state index >= 15 is 0 Å². The third-order valence-electron chi connectivity index (χ3n) is 3.42. The summed E-state index contributed by atoms with van der Waals surface area (Å²) in [6, 6.07) is 10.7. The Morgan fingerprint density at radius 1 is 1.12 bits per heavy atom. The first kappa shape index (κ1) is 17.8. The van der Waals surface area contributed by atoms with Gasteiger partial charge in [-0.3, -0.25) is 14.9 Å². The van der Waals surface area contributed by atoms with Crippen LogP contribution in [0.25, 0.3) is 0 Å². The Kier molecular flexibility index (Phi) is 5.46. The highest BCUT2D eigenvalue weighted by Gasteiger charge is 2.22. The van der Waals surface area contributed by atoms with Crippen LogP contribution in [0, 0.1) is 17.0 Å². The van der Waals surface area contributed by atoms with Gasteiger partial charge < -0.3 is 4.74 Å². The smallest absolute Gasteiger partial charge is 0.339 e.